The van der Waals surface area contributed by atoms with Crippen LogP contribution in [0.3, 0.4) is 0 Å². The van der Waals surface area contributed by atoms with Crippen molar-refractivity contribution < 1.29 is 13.2 Å². The molecule has 5 nitrogen and oxygen atoms in total. The quantitative estimate of drug-likeness (QED) is 0.807. The molecule has 1 heterocycles. The first-order valence-electron chi connectivity index (χ1n) is 5.32. The molecule has 0 spiro atoms. The number of halogens is 1. The van der Waals surface area contributed by atoms with E-state index in [1.807, 2.05) is 13.8 Å². The van der Waals surface area contributed by atoms with Crippen LogP contribution in [-0.2, 0) is 9.05 Å². The maximum Gasteiger partial charge on any atom is 0.267 e. The number of hydrogen-bond acceptors (Lipinski definition) is 3. The van der Waals surface area contributed by atoms with Gasteiger partial charge in [0.25, 0.3) is 15.0 Å². The molecule has 1 amide bonds. The smallest absolute Gasteiger partial charge is 0.267 e. The summed E-state index contributed by atoms with van der Waals surface area (Å²) in [4.78, 5) is 14.2. The lowest BCUT2D eigenvalue weighted by atomic mass is 10.1. The summed E-state index contributed by atoms with van der Waals surface area (Å²) in [5.41, 5.74) is 0.191. The Kier molecular flexibility index (Phi) is 4.59. The van der Waals surface area contributed by atoms with Gasteiger partial charge in [-0.15, -0.1) is 0 Å². The molecule has 1 aromatic heterocycles. The van der Waals surface area contributed by atoms with Crippen LogP contribution in [0.4, 0.5) is 0 Å². The van der Waals surface area contributed by atoms with Crippen molar-refractivity contribution in [3.63, 3.8) is 0 Å². The summed E-state index contributed by atoms with van der Waals surface area (Å²) >= 11 is 0. The van der Waals surface area contributed by atoms with Gasteiger partial charge in [0.05, 0.1) is 0 Å². The summed E-state index contributed by atoms with van der Waals surface area (Å²) < 4.78 is 22.0. The molecule has 0 aliphatic heterocycles. The zero-order chi connectivity index (χ0) is 13.1. The molecule has 1 rings (SSSR count). The second kappa shape index (κ2) is 5.55. The number of aromatic amines is 1. The Labute approximate surface area is 105 Å². The highest BCUT2D eigenvalue weighted by atomic mass is 35.7. The Morgan fingerprint density at radius 1 is 1.47 bits per heavy atom. The number of H-pyrrole nitrogens is 1. The molecule has 0 atom stereocenters. The van der Waals surface area contributed by atoms with Crippen LogP contribution in [0.1, 0.15) is 37.2 Å². The lowest BCUT2D eigenvalue weighted by molar-refractivity contribution is 0.0930. The second-order valence-electron chi connectivity index (χ2n) is 3.67. The number of rotatable bonds is 5. The van der Waals surface area contributed by atoms with Crippen LogP contribution in [0.5, 0.6) is 0 Å². The monoisotopic (exact) mass is 278 g/mol. The fourth-order valence-electron chi connectivity index (χ4n) is 1.40. The first-order valence-corrected chi connectivity index (χ1v) is 7.63. The van der Waals surface area contributed by atoms with Gasteiger partial charge in [-0.1, -0.05) is 13.8 Å². The molecule has 0 fully saturated rings. The molecule has 7 heteroatoms. The summed E-state index contributed by atoms with van der Waals surface area (Å²) in [5.74, 6) is -0.328. The summed E-state index contributed by atoms with van der Waals surface area (Å²) in [5, 5.41) is 2.79. The van der Waals surface area contributed by atoms with Gasteiger partial charge in [-0.2, -0.15) is 0 Å². The third-order valence-electron chi connectivity index (χ3n) is 2.50. The first kappa shape index (κ1) is 14.1. The molecule has 0 aliphatic rings. The number of carbonyl (C=O) groups excluding carboxylic acids is 1. The van der Waals surface area contributed by atoms with Crippen LogP contribution in [0.25, 0.3) is 0 Å². The van der Waals surface area contributed by atoms with Crippen LogP contribution in [0.2, 0.25) is 0 Å². The van der Waals surface area contributed by atoms with Crippen molar-refractivity contribution in [2.24, 2.45) is 0 Å². The van der Waals surface area contributed by atoms with E-state index in [1.54, 1.807) is 0 Å². The molecule has 0 saturated carbocycles. The maximum absolute atomic E-state index is 11.7. The highest BCUT2D eigenvalue weighted by Gasteiger charge is 2.17. The van der Waals surface area contributed by atoms with E-state index in [0.29, 0.717) is 0 Å². The first-order chi connectivity index (χ1) is 7.88. The van der Waals surface area contributed by atoms with Gasteiger partial charge in [0.2, 0.25) is 0 Å². The third-order valence-corrected chi connectivity index (χ3v) is 3.84. The van der Waals surface area contributed by atoms with Gasteiger partial charge in [0.1, 0.15) is 10.6 Å². The lowest BCUT2D eigenvalue weighted by Gasteiger charge is -2.13. The summed E-state index contributed by atoms with van der Waals surface area (Å²) in [7, 11) is 1.36. The minimum absolute atomic E-state index is 0.0851. The predicted octanol–water partition coefficient (Wildman–Crippen LogP) is 1.86. The second-order valence-corrected chi connectivity index (χ2v) is 6.24. The largest absolute Gasteiger partial charge is 0.356 e. The predicted molar refractivity (Wildman–Crippen MR) is 65.7 cm³/mol. The minimum Gasteiger partial charge on any atom is -0.356 e. The van der Waals surface area contributed by atoms with E-state index in [4.69, 9.17) is 10.7 Å². The molecule has 1 aromatic rings. The molecule has 2 N–H and O–H groups in total. The summed E-state index contributed by atoms with van der Waals surface area (Å²) in [6, 6.07) is 1.31. The lowest BCUT2D eigenvalue weighted by Crippen LogP contribution is -2.33. The summed E-state index contributed by atoms with van der Waals surface area (Å²) in [6.07, 6.45) is 2.84. The van der Waals surface area contributed by atoms with E-state index in [-0.39, 0.29) is 22.5 Å². The van der Waals surface area contributed by atoms with Gasteiger partial charge in [-0.05, 0) is 18.9 Å². The number of nitrogens with one attached hydrogen (secondary N) is 2. The van der Waals surface area contributed by atoms with Crippen LogP contribution < -0.4 is 5.32 Å². The van der Waals surface area contributed by atoms with E-state index in [0.717, 1.165) is 12.8 Å². The zero-order valence-electron chi connectivity index (χ0n) is 9.66. The topological polar surface area (TPSA) is 79.0 Å². The number of hydrogen-bond donors (Lipinski definition) is 2. The number of amides is 1. The SMILES string of the molecule is CCC(CC)NC(=O)c1cc(S(=O)(=O)Cl)c[nH]1. The maximum atomic E-state index is 11.7. The average Bonchev–Trinajstić information content (AvgIpc) is 2.74. The molecule has 0 saturated heterocycles. The Bertz CT molecular complexity index is 491. The van der Waals surface area contributed by atoms with E-state index in [2.05, 4.69) is 10.3 Å². The fraction of sp³-hybridized carbons (Fsp3) is 0.500. The van der Waals surface area contributed by atoms with E-state index < -0.39 is 9.05 Å². The third kappa shape index (κ3) is 3.74. The van der Waals surface area contributed by atoms with E-state index in [9.17, 15) is 13.2 Å². The van der Waals surface area contributed by atoms with Crippen LogP contribution in [0.15, 0.2) is 17.2 Å². The molecule has 0 radical (unpaired) electrons. The van der Waals surface area contributed by atoms with Gasteiger partial charge in [0, 0.05) is 22.9 Å². The molecule has 0 aliphatic carbocycles. The van der Waals surface area contributed by atoms with Crippen LogP contribution in [0, 0.1) is 0 Å². The van der Waals surface area contributed by atoms with Crippen molar-refractivity contribution in [3.05, 3.63) is 18.0 Å². The number of aromatic nitrogens is 1. The van der Waals surface area contributed by atoms with Crippen LogP contribution >= 0.6 is 10.7 Å². The molecule has 96 valence electrons. The minimum atomic E-state index is -3.79. The molecular weight excluding hydrogens is 264 g/mol. The van der Waals surface area contributed by atoms with E-state index in [1.165, 1.54) is 12.3 Å². The standard InChI is InChI=1S/C10H15ClN2O3S/c1-3-7(4-2)13-10(14)9-5-8(6-12-9)17(11,15)16/h5-7,12H,3-4H2,1-2H3,(H,13,14). The number of carbonyl (C=O) groups is 1. The molecular formula is C10H15ClN2O3S. The van der Waals surface area contributed by atoms with Crippen molar-refractivity contribution in [1.82, 2.24) is 10.3 Å². The van der Waals surface area contributed by atoms with E-state index >= 15 is 0 Å². The van der Waals surface area contributed by atoms with Gasteiger partial charge in [0.15, 0.2) is 0 Å². The Hall–Kier alpha value is -1.01. The van der Waals surface area contributed by atoms with Crippen molar-refractivity contribution in [3.8, 4) is 0 Å². The summed E-state index contributed by atoms with van der Waals surface area (Å²) in [6.45, 7) is 3.94. The molecule has 17 heavy (non-hydrogen) atoms. The van der Waals surface area contributed by atoms with Crippen molar-refractivity contribution in [1.29, 1.82) is 0 Å². The highest BCUT2D eigenvalue weighted by Crippen LogP contribution is 2.15. The van der Waals surface area contributed by atoms with Gasteiger partial charge >= 0.3 is 0 Å². The van der Waals surface area contributed by atoms with Crippen molar-refractivity contribution >= 4 is 25.6 Å². The Balaban J connectivity index is 2.81. The average molecular weight is 279 g/mol. The van der Waals surface area contributed by atoms with Crippen molar-refractivity contribution in [2.75, 3.05) is 0 Å². The molecule has 0 bridgehead atoms. The van der Waals surface area contributed by atoms with Crippen LogP contribution in [-0.4, -0.2) is 25.4 Å². The Morgan fingerprint density at radius 2 is 2.06 bits per heavy atom. The zero-order valence-corrected chi connectivity index (χ0v) is 11.2. The van der Waals surface area contributed by atoms with Crippen molar-refractivity contribution in [2.45, 2.75) is 37.6 Å². The van der Waals surface area contributed by atoms with Gasteiger partial charge < -0.3 is 10.3 Å². The van der Waals surface area contributed by atoms with Gasteiger partial charge in [-0.25, -0.2) is 8.42 Å². The normalized spacial score (nSPS) is 11.8. The van der Waals surface area contributed by atoms with Gasteiger partial charge in [-0.3, -0.25) is 4.79 Å². The fourth-order valence-corrected chi connectivity index (χ4v) is 2.13. The molecule has 0 unspecified atom stereocenters. The highest BCUT2D eigenvalue weighted by molar-refractivity contribution is 8.13. The Morgan fingerprint density at radius 3 is 2.47 bits per heavy atom. The molecule has 0 aromatic carbocycles.